The van der Waals surface area contributed by atoms with Crippen molar-refractivity contribution in [3.8, 4) is 0 Å². The van der Waals surface area contributed by atoms with Gasteiger partial charge in [-0.25, -0.2) is 14.5 Å². The lowest BCUT2D eigenvalue weighted by Gasteiger charge is -2.12. The minimum absolute atomic E-state index is 0.0551. The van der Waals surface area contributed by atoms with Gasteiger partial charge in [-0.05, 0) is 18.2 Å². The third-order valence-electron chi connectivity index (χ3n) is 3.61. The summed E-state index contributed by atoms with van der Waals surface area (Å²) in [7, 11) is 1.67. The van der Waals surface area contributed by atoms with Crippen LogP contribution in [0.25, 0.3) is 11.2 Å². The molecule has 2 amide bonds. The van der Waals surface area contributed by atoms with Crippen LogP contribution in [0.5, 0.6) is 0 Å². The Bertz CT molecular complexity index is 991. The number of amides is 2. The Balaban J connectivity index is 1.62. The van der Waals surface area contributed by atoms with E-state index in [1.165, 1.54) is 29.1 Å². The van der Waals surface area contributed by atoms with Crippen LogP contribution < -0.4 is 0 Å². The number of hydrogen-bond donors (Lipinski definition) is 0. The van der Waals surface area contributed by atoms with E-state index in [1.54, 1.807) is 19.2 Å². The molecule has 4 rings (SSSR count). The SMILES string of the molecule is Cn1nnc2cc(C(=O)ON3C(=O)c4ccccc4C3=O)cnc21. The van der Waals surface area contributed by atoms with E-state index in [9.17, 15) is 14.4 Å². The lowest BCUT2D eigenvalue weighted by Crippen LogP contribution is -2.32. The van der Waals surface area contributed by atoms with Gasteiger partial charge in [0.15, 0.2) is 5.65 Å². The van der Waals surface area contributed by atoms with Gasteiger partial charge in [0.1, 0.15) is 5.52 Å². The topological polar surface area (TPSA) is 107 Å². The maximum absolute atomic E-state index is 12.2. The average Bonchev–Trinajstić information content (AvgIpc) is 3.08. The zero-order valence-corrected chi connectivity index (χ0v) is 12.3. The number of benzene rings is 1. The summed E-state index contributed by atoms with van der Waals surface area (Å²) in [5.41, 5.74) is 1.33. The number of imide groups is 1. The fourth-order valence-electron chi connectivity index (χ4n) is 2.42. The second kappa shape index (κ2) is 4.95. The largest absolute Gasteiger partial charge is 0.365 e. The highest BCUT2D eigenvalue weighted by Gasteiger charge is 2.38. The Kier molecular flexibility index (Phi) is 2.89. The quantitative estimate of drug-likeness (QED) is 0.640. The molecule has 0 aliphatic carbocycles. The van der Waals surface area contributed by atoms with E-state index in [0.29, 0.717) is 16.2 Å². The number of aromatic nitrogens is 4. The van der Waals surface area contributed by atoms with E-state index in [2.05, 4.69) is 15.3 Å². The molecule has 1 aliphatic heterocycles. The monoisotopic (exact) mass is 323 g/mol. The highest BCUT2D eigenvalue weighted by Crippen LogP contribution is 2.23. The van der Waals surface area contributed by atoms with Crippen molar-refractivity contribution in [2.24, 2.45) is 7.05 Å². The highest BCUT2D eigenvalue weighted by atomic mass is 16.7. The van der Waals surface area contributed by atoms with E-state index in [-0.39, 0.29) is 16.7 Å². The Morgan fingerprint density at radius 1 is 1.12 bits per heavy atom. The van der Waals surface area contributed by atoms with Crippen LogP contribution in [0.2, 0.25) is 0 Å². The molecule has 0 spiro atoms. The summed E-state index contributed by atoms with van der Waals surface area (Å²) >= 11 is 0. The van der Waals surface area contributed by atoms with Crippen LogP contribution in [0.4, 0.5) is 0 Å². The number of carbonyl (C=O) groups excluding carboxylic acids is 3. The predicted molar refractivity (Wildman–Crippen MR) is 78.7 cm³/mol. The van der Waals surface area contributed by atoms with Gasteiger partial charge in [-0.15, -0.1) is 5.10 Å². The first-order valence-corrected chi connectivity index (χ1v) is 6.92. The van der Waals surface area contributed by atoms with Gasteiger partial charge in [-0.3, -0.25) is 9.59 Å². The first kappa shape index (κ1) is 14.0. The molecule has 0 unspecified atom stereocenters. The molecule has 0 fully saturated rings. The molecule has 0 radical (unpaired) electrons. The number of hydroxylamine groups is 2. The molecule has 118 valence electrons. The molecule has 3 heterocycles. The summed E-state index contributed by atoms with van der Waals surface area (Å²) in [5.74, 6) is -2.25. The molecule has 1 aromatic carbocycles. The average molecular weight is 323 g/mol. The molecule has 1 aliphatic rings. The number of fused-ring (bicyclic) bond motifs is 2. The Morgan fingerprint density at radius 3 is 2.46 bits per heavy atom. The summed E-state index contributed by atoms with van der Waals surface area (Å²) in [6, 6.07) is 7.67. The molecule has 9 heteroatoms. The van der Waals surface area contributed by atoms with Crippen molar-refractivity contribution in [1.29, 1.82) is 0 Å². The van der Waals surface area contributed by atoms with Crippen molar-refractivity contribution in [2.75, 3.05) is 0 Å². The van der Waals surface area contributed by atoms with E-state index < -0.39 is 17.8 Å². The lowest BCUT2D eigenvalue weighted by atomic mass is 10.1. The van der Waals surface area contributed by atoms with Gasteiger partial charge in [-0.1, -0.05) is 22.4 Å². The van der Waals surface area contributed by atoms with Crippen molar-refractivity contribution in [2.45, 2.75) is 0 Å². The van der Waals surface area contributed by atoms with Crippen molar-refractivity contribution in [3.63, 3.8) is 0 Å². The van der Waals surface area contributed by atoms with Gasteiger partial charge in [0.2, 0.25) is 0 Å². The molecule has 0 saturated heterocycles. The Morgan fingerprint density at radius 2 is 1.79 bits per heavy atom. The van der Waals surface area contributed by atoms with Gasteiger partial charge < -0.3 is 4.84 Å². The highest BCUT2D eigenvalue weighted by molar-refractivity contribution is 6.21. The van der Waals surface area contributed by atoms with Gasteiger partial charge in [-0.2, -0.15) is 0 Å². The summed E-state index contributed by atoms with van der Waals surface area (Å²) in [6.07, 6.45) is 1.27. The van der Waals surface area contributed by atoms with Crippen LogP contribution in [-0.4, -0.2) is 42.8 Å². The predicted octanol–water partition coefficient (Wildman–Crippen LogP) is 0.731. The lowest BCUT2D eigenvalue weighted by molar-refractivity contribution is -0.0584. The van der Waals surface area contributed by atoms with Crippen LogP contribution in [0, 0.1) is 0 Å². The van der Waals surface area contributed by atoms with Gasteiger partial charge in [0, 0.05) is 13.2 Å². The third kappa shape index (κ3) is 1.95. The molecule has 9 nitrogen and oxygen atoms in total. The van der Waals surface area contributed by atoms with Crippen molar-refractivity contribution in [1.82, 2.24) is 25.0 Å². The number of carbonyl (C=O) groups is 3. The smallest absolute Gasteiger partial charge is 0.324 e. The molecule has 24 heavy (non-hydrogen) atoms. The molecular weight excluding hydrogens is 314 g/mol. The van der Waals surface area contributed by atoms with Crippen molar-refractivity contribution >= 4 is 28.9 Å². The number of hydrogen-bond acceptors (Lipinski definition) is 7. The van der Waals surface area contributed by atoms with Gasteiger partial charge in [0.25, 0.3) is 11.8 Å². The number of aryl methyl sites for hydroxylation is 1. The van der Waals surface area contributed by atoms with E-state index in [4.69, 9.17) is 4.84 Å². The molecule has 0 saturated carbocycles. The number of rotatable bonds is 2. The van der Waals surface area contributed by atoms with Gasteiger partial charge in [0.05, 0.1) is 16.7 Å². The minimum atomic E-state index is -0.885. The molecular formula is C15H9N5O4. The Hall–Kier alpha value is -3.62. The maximum atomic E-state index is 12.2. The maximum Gasteiger partial charge on any atom is 0.365 e. The van der Waals surface area contributed by atoms with Crippen LogP contribution in [0.1, 0.15) is 31.1 Å². The Labute approximate surface area is 134 Å². The minimum Gasteiger partial charge on any atom is -0.324 e. The molecule has 2 aromatic heterocycles. The summed E-state index contributed by atoms with van der Waals surface area (Å²) in [4.78, 5) is 45.6. The molecule has 0 bridgehead atoms. The van der Waals surface area contributed by atoms with Gasteiger partial charge >= 0.3 is 5.97 Å². The van der Waals surface area contributed by atoms with E-state index in [1.807, 2.05) is 0 Å². The van der Waals surface area contributed by atoms with Crippen LogP contribution >= 0.6 is 0 Å². The van der Waals surface area contributed by atoms with Crippen molar-refractivity contribution in [3.05, 3.63) is 53.2 Å². The van der Waals surface area contributed by atoms with E-state index in [0.717, 1.165) is 0 Å². The molecule has 0 atom stereocenters. The first-order chi connectivity index (χ1) is 11.6. The number of pyridine rings is 1. The summed E-state index contributed by atoms with van der Waals surface area (Å²) in [6.45, 7) is 0. The normalized spacial score (nSPS) is 13.5. The number of nitrogens with zero attached hydrogens (tertiary/aromatic N) is 5. The fraction of sp³-hybridized carbons (Fsp3) is 0.0667. The zero-order chi connectivity index (χ0) is 16.8. The second-order valence-corrected chi connectivity index (χ2v) is 5.11. The van der Waals surface area contributed by atoms with E-state index >= 15 is 0 Å². The zero-order valence-electron chi connectivity index (χ0n) is 12.3. The second-order valence-electron chi connectivity index (χ2n) is 5.11. The fourth-order valence-corrected chi connectivity index (χ4v) is 2.42. The third-order valence-corrected chi connectivity index (χ3v) is 3.61. The molecule has 0 N–H and O–H groups in total. The van der Waals surface area contributed by atoms with Crippen molar-refractivity contribution < 1.29 is 19.2 Å². The van der Waals surface area contributed by atoms with Crippen LogP contribution in [-0.2, 0) is 11.9 Å². The molecule has 3 aromatic rings. The van der Waals surface area contributed by atoms with Crippen LogP contribution in [0.15, 0.2) is 36.5 Å². The van der Waals surface area contributed by atoms with Crippen LogP contribution in [0.3, 0.4) is 0 Å². The summed E-state index contributed by atoms with van der Waals surface area (Å²) in [5, 5.41) is 8.09. The summed E-state index contributed by atoms with van der Waals surface area (Å²) < 4.78 is 1.45. The standard InChI is InChI=1S/C15H9N5O4/c1-19-12-11(17-18-19)6-8(7-16-12)15(23)24-20-13(21)9-4-2-3-5-10(9)14(20)22/h2-7H,1H3. The first-order valence-electron chi connectivity index (χ1n) is 6.92.